The number of rotatable bonds is 2. The Bertz CT molecular complexity index is 1130. The molecule has 0 saturated carbocycles. The lowest BCUT2D eigenvalue weighted by molar-refractivity contribution is 0.478. The highest BCUT2D eigenvalue weighted by Gasteiger charge is 2.20. The number of aryl methyl sites for hydroxylation is 1. The van der Waals surface area contributed by atoms with Gasteiger partial charge in [-0.3, -0.25) is 14.3 Å². The smallest absolute Gasteiger partial charge is 0.273 e. The highest BCUT2D eigenvalue weighted by molar-refractivity contribution is 6.31. The first-order chi connectivity index (χ1) is 11.6. The Morgan fingerprint density at radius 3 is 2.83 bits per heavy atom. The van der Waals surface area contributed by atoms with Crippen LogP contribution in [0.25, 0.3) is 27.5 Å². The Labute approximate surface area is 140 Å². The normalized spacial score (nSPS) is 11.5. The minimum Gasteiger partial charge on any atom is -0.273 e. The summed E-state index contributed by atoms with van der Waals surface area (Å²) in [7, 11) is 0. The summed E-state index contributed by atoms with van der Waals surface area (Å²) < 4.78 is 17.3. The third kappa shape index (κ3) is 2.03. The molecule has 0 aliphatic heterocycles. The highest BCUT2D eigenvalue weighted by atomic mass is 35.5. The van der Waals surface area contributed by atoms with Crippen LogP contribution in [0.15, 0.2) is 47.5 Å². The summed E-state index contributed by atoms with van der Waals surface area (Å²) in [5.41, 5.74) is 0.776. The van der Waals surface area contributed by atoms with E-state index in [-0.39, 0.29) is 10.9 Å². The van der Waals surface area contributed by atoms with E-state index in [1.54, 1.807) is 49.6 Å². The Kier molecular flexibility index (Phi) is 3.35. The van der Waals surface area contributed by atoms with Crippen molar-refractivity contribution in [3.8, 4) is 5.69 Å². The molecule has 0 aliphatic carbocycles. The van der Waals surface area contributed by atoms with Gasteiger partial charge in [-0.15, -0.1) is 0 Å². The minimum atomic E-state index is -0.518. The predicted molar refractivity (Wildman–Crippen MR) is 91.3 cm³/mol. The quantitative estimate of drug-likeness (QED) is 0.560. The molecule has 0 unspecified atom stereocenters. The summed E-state index contributed by atoms with van der Waals surface area (Å²) in [6.45, 7) is 2.11. The Morgan fingerprint density at radius 2 is 2.12 bits per heavy atom. The van der Waals surface area contributed by atoms with Crippen LogP contribution in [0.5, 0.6) is 0 Å². The van der Waals surface area contributed by atoms with Crippen molar-refractivity contribution in [1.82, 2.24) is 19.3 Å². The van der Waals surface area contributed by atoms with Crippen LogP contribution in [-0.2, 0) is 6.54 Å². The van der Waals surface area contributed by atoms with Gasteiger partial charge in [0.15, 0.2) is 5.52 Å². The molecule has 7 heteroatoms. The van der Waals surface area contributed by atoms with Crippen molar-refractivity contribution in [2.45, 2.75) is 13.5 Å². The van der Waals surface area contributed by atoms with E-state index in [9.17, 15) is 9.18 Å². The van der Waals surface area contributed by atoms with E-state index in [0.29, 0.717) is 28.2 Å². The van der Waals surface area contributed by atoms with Crippen molar-refractivity contribution in [2.24, 2.45) is 0 Å². The SMILES string of the molecule is CCn1nc2c(=O)n(-c3cccnc3)c3cc(Cl)ccc3c2c1F. The molecule has 0 N–H and O–H groups in total. The number of fused-ring (bicyclic) bond motifs is 3. The molecule has 4 aromatic rings. The third-order valence-corrected chi connectivity index (χ3v) is 4.20. The van der Waals surface area contributed by atoms with Gasteiger partial charge in [-0.2, -0.15) is 9.49 Å². The van der Waals surface area contributed by atoms with Gasteiger partial charge in [-0.05, 0) is 31.2 Å². The lowest BCUT2D eigenvalue weighted by atomic mass is 10.1. The van der Waals surface area contributed by atoms with Crippen LogP contribution in [-0.4, -0.2) is 19.3 Å². The Balaban J connectivity index is 2.28. The first-order valence-corrected chi connectivity index (χ1v) is 7.80. The number of nitrogens with zero attached hydrogens (tertiary/aromatic N) is 4. The van der Waals surface area contributed by atoms with E-state index >= 15 is 0 Å². The fourth-order valence-electron chi connectivity index (χ4n) is 2.90. The van der Waals surface area contributed by atoms with E-state index in [1.165, 1.54) is 9.25 Å². The first kappa shape index (κ1) is 14.8. The molecule has 0 fully saturated rings. The van der Waals surface area contributed by atoms with Crippen LogP contribution in [0.1, 0.15) is 6.92 Å². The minimum absolute atomic E-state index is 0.0908. The molecule has 0 saturated heterocycles. The molecule has 0 bridgehead atoms. The molecule has 5 nitrogen and oxygen atoms in total. The molecular weight excluding hydrogens is 331 g/mol. The summed E-state index contributed by atoms with van der Waals surface area (Å²) in [6.07, 6.45) is 3.19. The summed E-state index contributed by atoms with van der Waals surface area (Å²) in [5, 5.41) is 5.40. The van der Waals surface area contributed by atoms with E-state index in [4.69, 9.17) is 11.6 Å². The second kappa shape index (κ2) is 5.42. The highest BCUT2D eigenvalue weighted by Crippen LogP contribution is 2.28. The molecule has 120 valence electrons. The number of benzene rings is 1. The summed E-state index contributed by atoms with van der Waals surface area (Å²) in [6, 6.07) is 8.51. The fourth-order valence-corrected chi connectivity index (χ4v) is 3.06. The molecule has 1 aromatic carbocycles. The van der Waals surface area contributed by atoms with Gasteiger partial charge in [0.25, 0.3) is 5.56 Å². The molecule has 0 radical (unpaired) electrons. The van der Waals surface area contributed by atoms with Gasteiger partial charge in [0.2, 0.25) is 5.95 Å². The average Bonchev–Trinajstić information content (AvgIpc) is 2.93. The summed E-state index contributed by atoms with van der Waals surface area (Å²) in [4.78, 5) is 17.0. The molecule has 4 rings (SSSR count). The van der Waals surface area contributed by atoms with E-state index in [1.807, 2.05) is 0 Å². The van der Waals surface area contributed by atoms with Gasteiger partial charge in [0.1, 0.15) is 0 Å². The fraction of sp³-hybridized carbons (Fsp3) is 0.118. The van der Waals surface area contributed by atoms with Gasteiger partial charge in [0.05, 0.1) is 22.8 Å². The van der Waals surface area contributed by atoms with E-state index in [2.05, 4.69) is 10.1 Å². The molecular formula is C17H12ClFN4O. The second-order valence-electron chi connectivity index (χ2n) is 5.34. The first-order valence-electron chi connectivity index (χ1n) is 7.42. The zero-order chi connectivity index (χ0) is 16.8. The molecule has 0 spiro atoms. The molecule has 3 aromatic heterocycles. The standard InChI is InChI=1S/C17H12ClFN4O/c1-2-22-16(19)14-12-6-5-10(18)8-13(12)23(17(24)15(14)21-22)11-4-3-7-20-9-11/h3-9H,2H2,1H3. The molecule has 0 amide bonds. The van der Waals surface area contributed by atoms with Crippen LogP contribution in [0.4, 0.5) is 4.39 Å². The number of pyridine rings is 2. The number of halogens is 2. The summed E-state index contributed by atoms with van der Waals surface area (Å²) >= 11 is 6.11. The third-order valence-electron chi connectivity index (χ3n) is 3.97. The van der Waals surface area contributed by atoms with Crippen molar-refractivity contribution in [1.29, 1.82) is 0 Å². The topological polar surface area (TPSA) is 52.7 Å². The van der Waals surface area contributed by atoms with Crippen molar-refractivity contribution in [3.05, 3.63) is 64.0 Å². The number of hydrogen-bond donors (Lipinski definition) is 0. The average molecular weight is 343 g/mol. The van der Waals surface area contributed by atoms with Crippen molar-refractivity contribution in [2.75, 3.05) is 0 Å². The van der Waals surface area contributed by atoms with Gasteiger partial charge in [0, 0.05) is 23.2 Å². The van der Waals surface area contributed by atoms with Gasteiger partial charge in [-0.25, -0.2) is 4.68 Å². The summed E-state index contributed by atoms with van der Waals surface area (Å²) in [5.74, 6) is -0.518. The number of aromatic nitrogens is 4. The molecule has 24 heavy (non-hydrogen) atoms. The maximum absolute atomic E-state index is 14.7. The monoisotopic (exact) mass is 342 g/mol. The second-order valence-corrected chi connectivity index (χ2v) is 5.78. The molecule has 0 atom stereocenters. The Hall–Kier alpha value is -2.73. The maximum atomic E-state index is 14.7. The van der Waals surface area contributed by atoms with Crippen LogP contribution < -0.4 is 5.56 Å². The molecule has 0 aliphatic rings. The van der Waals surface area contributed by atoms with Gasteiger partial charge >= 0.3 is 0 Å². The molecule has 3 heterocycles. The zero-order valence-corrected chi connectivity index (χ0v) is 13.5. The lowest BCUT2D eigenvalue weighted by Crippen LogP contribution is -2.19. The van der Waals surface area contributed by atoms with Crippen LogP contribution >= 0.6 is 11.6 Å². The lowest BCUT2D eigenvalue weighted by Gasteiger charge is -2.11. The van der Waals surface area contributed by atoms with Crippen molar-refractivity contribution in [3.63, 3.8) is 0 Å². The van der Waals surface area contributed by atoms with Crippen LogP contribution in [0, 0.1) is 5.95 Å². The maximum Gasteiger partial charge on any atom is 0.284 e. The number of hydrogen-bond acceptors (Lipinski definition) is 3. The zero-order valence-electron chi connectivity index (χ0n) is 12.7. The van der Waals surface area contributed by atoms with E-state index in [0.717, 1.165) is 0 Å². The van der Waals surface area contributed by atoms with Crippen molar-refractivity contribution < 1.29 is 4.39 Å². The largest absolute Gasteiger partial charge is 0.284 e. The predicted octanol–water partition coefficient (Wildman–Crippen LogP) is 3.55. The van der Waals surface area contributed by atoms with Crippen molar-refractivity contribution >= 4 is 33.4 Å². The van der Waals surface area contributed by atoms with Crippen LogP contribution in [0.3, 0.4) is 0 Å². The van der Waals surface area contributed by atoms with E-state index < -0.39 is 11.5 Å². The van der Waals surface area contributed by atoms with Gasteiger partial charge in [-0.1, -0.05) is 17.7 Å². The Morgan fingerprint density at radius 1 is 1.29 bits per heavy atom. The van der Waals surface area contributed by atoms with Crippen LogP contribution in [0.2, 0.25) is 5.02 Å². The van der Waals surface area contributed by atoms with Gasteiger partial charge < -0.3 is 0 Å².